The van der Waals surface area contributed by atoms with Crippen molar-refractivity contribution in [2.24, 2.45) is 5.10 Å². The molecule has 0 heterocycles. The van der Waals surface area contributed by atoms with Gasteiger partial charge in [0.2, 0.25) is 0 Å². The fourth-order valence-corrected chi connectivity index (χ4v) is 3.27. The number of hydrazone groups is 1. The van der Waals surface area contributed by atoms with Gasteiger partial charge >= 0.3 is 17.8 Å². The molecule has 2 N–H and O–H groups in total. The number of anilines is 1. The lowest BCUT2D eigenvalue weighted by atomic mass is 10.2. The minimum absolute atomic E-state index is 0.114. The summed E-state index contributed by atoms with van der Waals surface area (Å²) < 4.78 is 5.27. The first-order valence-electron chi connectivity index (χ1n) is 9.10. The Balaban J connectivity index is 1.54. The van der Waals surface area contributed by atoms with E-state index in [-0.39, 0.29) is 32.1 Å². The van der Waals surface area contributed by atoms with Gasteiger partial charge in [-0.05, 0) is 60.2 Å². The monoisotopic (exact) mass is 523 g/mol. The van der Waals surface area contributed by atoms with Crippen LogP contribution in [0.15, 0.2) is 65.8 Å². The van der Waals surface area contributed by atoms with Gasteiger partial charge in [-0.25, -0.2) is 10.2 Å². The van der Waals surface area contributed by atoms with Gasteiger partial charge in [-0.2, -0.15) is 5.10 Å². The molecular formula is C22H13Cl4N3O4. The number of hydrogen-bond acceptors (Lipinski definition) is 5. The Hall–Kier alpha value is -3.10. The predicted octanol–water partition coefficient (Wildman–Crippen LogP) is 5.61. The summed E-state index contributed by atoms with van der Waals surface area (Å²) in [6, 6.07) is 15.3. The normalized spacial score (nSPS) is 10.7. The van der Waals surface area contributed by atoms with E-state index in [9.17, 15) is 14.4 Å². The standard InChI is InChI=1S/C22H13Cl4N3O4/c23-13-6-9-15(17(25)10-13)22(32)33-14-7-4-12(5-8-14)11-27-29-21(31)20(30)28-18-3-1-2-16(24)19(18)26/h1-11H,(H,28,30)(H,29,31). The number of carbonyl (C=O) groups excluding carboxylic acids is 3. The number of esters is 1. The van der Waals surface area contributed by atoms with Crippen LogP contribution in [0.25, 0.3) is 0 Å². The van der Waals surface area contributed by atoms with Crippen molar-refractivity contribution in [1.82, 2.24) is 5.43 Å². The van der Waals surface area contributed by atoms with Gasteiger partial charge in [-0.1, -0.05) is 52.5 Å². The molecule has 3 aromatic rings. The quantitative estimate of drug-likeness (QED) is 0.149. The Morgan fingerprint density at radius 2 is 1.58 bits per heavy atom. The third-order valence-electron chi connectivity index (χ3n) is 4.03. The molecule has 11 heteroatoms. The van der Waals surface area contributed by atoms with Crippen LogP contribution >= 0.6 is 46.4 Å². The second kappa shape index (κ2) is 11.2. The summed E-state index contributed by atoms with van der Waals surface area (Å²) in [4.78, 5) is 36.1. The third kappa shape index (κ3) is 6.69. The third-order valence-corrected chi connectivity index (χ3v) is 5.39. The number of rotatable bonds is 5. The van der Waals surface area contributed by atoms with Gasteiger partial charge in [0.05, 0.1) is 32.5 Å². The number of nitrogens with zero attached hydrogens (tertiary/aromatic N) is 1. The Kier molecular flexibility index (Phi) is 8.30. The van der Waals surface area contributed by atoms with Crippen LogP contribution in [0.3, 0.4) is 0 Å². The van der Waals surface area contributed by atoms with Crippen molar-refractivity contribution in [1.29, 1.82) is 0 Å². The number of amides is 2. The van der Waals surface area contributed by atoms with Crippen LogP contribution in [0.5, 0.6) is 5.75 Å². The van der Waals surface area contributed by atoms with E-state index in [2.05, 4.69) is 15.8 Å². The molecule has 0 radical (unpaired) electrons. The van der Waals surface area contributed by atoms with E-state index in [1.54, 1.807) is 24.3 Å². The van der Waals surface area contributed by atoms with Crippen molar-refractivity contribution in [3.05, 3.63) is 91.9 Å². The first kappa shape index (κ1) is 24.5. The fourth-order valence-electron chi connectivity index (χ4n) is 2.43. The molecule has 0 aromatic heterocycles. The Labute approximate surface area is 208 Å². The summed E-state index contributed by atoms with van der Waals surface area (Å²) in [6.45, 7) is 0. The van der Waals surface area contributed by atoms with E-state index in [0.717, 1.165) is 0 Å². The molecule has 0 aliphatic heterocycles. The van der Waals surface area contributed by atoms with Crippen LogP contribution in [0.2, 0.25) is 20.1 Å². The highest BCUT2D eigenvalue weighted by Gasteiger charge is 2.16. The summed E-state index contributed by atoms with van der Waals surface area (Å²) in [6.07, 6.45) is 1.30. The van der Waals surface area contributed by atoms with Crippen molar-refractivity contribution < 1.29 is 19.1 Å². The molecule has 0 bridgehead atoms. The van der Waals surface area contributed by atoms with Gasteiger partial charge in [-0.15, -0.1) is 0 Å². The molecule has 33 heavy (non-hydrogen) atoms. The molecule has 2 amide bonds. The maximum Gasteiger partial charge on any atom is 0.345 e. The Morgan fingerprint density at radius 1 is 0.848 bits per heavy atom. The van der Waals surface area contributed by atoms with Gasteiger partial charge < -0.3 is 10.1 Å². The lowest BCUT2D eigenvalue weighted by Gasteiger charge is -2.07. The van der Waals surface area contributed by atoms with Crippen LogP contribution < -0.4 is 15.5 Å². The van der Waals surface area contributed by atoms with Gasteiger partial charge in [0.15, 0.2) is 0 Å². The van der Waals surface area contributed by atoms with Crippen molar-refractivity contribution in [3.63, 3.8) is 0 Å². The van der Waals surface area contributed by atoms with Crippen LogP contribution in [-0.4, -0.2) is 24.0 Å². The number of halogens is 4. The number of nitrogens with one attached hydrogen (secondary N) is 2. The molecule has 0 fully saturated rings. The van der Waals surface area contributed by atoms with Crippen LogP contribution in [0.4, 0.5) is 5.69 Å². The topological polar surface area (TPSA) is 96.9 Å². The van der Waals surface area contributed by atoms with Gasteiger partial charge in [0.25, 0.3) is 0 Å². The maximum atomic E-state index is 12.2. The molecule has 0 atom stereocenters. The number of ether oxygens (including phenoxy) is 1. The van der Waals surface area contributed by atoms with E-state index >= 15 is 0 Å². The summed E-state index contributed by atoms with van der Waals surface area (Å²) in [7, 11) is 0. The van der Waals surface area contributed by atoms with Crippen molar-refractivity contribution in [3.8, 4) is 5.75 Å². The Bertz CT molecular complexity index is 1250. The average Bonchev–Trinajstić information content (AvgIpc) is 2.77. The number of carbonyl (C=O) groups is 3. The highest BCUT2D eigenvalue weighted by molar-refractivity contribution is 6.45. The summed E-state index contributed by atoms with van der Waals surface area (Å²) >= 11 is 23.7. The molecule has 0 saturated heterocycles. The number of hydrogen-bond donors (Lipinski definition) is 2. The molecule has 0 unspecified atom stereocenters. The van der Waals surface area contributed by atoms with Crippen molar-refractivity contribution in [2.45, 2.75) is 0 Å². The number of benzene rings is 3. The first-order chi connectivity index (χ1) is 15.7. The lowest BCUT2D eigenvalue weighted by molar-refractivity contribution is -0.136. The van der Waals surface area contributed by atoms with Crippen LogP contribution in [0.1, 0.15) is 15.9 Å². The van der Waals surface area contributed by atoms with Gasteiger partial charge in [0.1, 0.15) is 5.75 Å². The highest BCUT2D eigenvalue weighted by Crippen LogP contribution is 2.29. The zero-order chi connectivity index (χ0) is 24.0. The predicted molar refractivity (Wildman–Crippen MR) is 129 cm³/mol. The summed E-state index contributed by atoms with van der Waals surface area (Å²) in [5.74, 6) is -2.35. The molecule has 3 rings (SSSR count). The molecular weight excluding hydrogens is 512 g/mol. The molecule has 0 aliphatic carbocycles. The molecule has 168 valence electrons. The van der Waals surface area contributed by atoms with E-state index < -0.39 is 17.8 Å². The van der Waals surface area contributed by atoms with E-state index in [1.807, 2.05) is 0 Å². The minimum Gasteiger partial charge on any atom is -0.423 e. The van der Waals surface area contributed by atoms with E-state index in [4.69, 9.17) is 51.1 Å². The average molecular weight is 525 g/mol. The maximum absolute atomic E-state index is 12.2. The van der Waals surface area contributed by atoms with E-state index in [1.165, 1.54) is 42.6 Å². The SMILES string of the molecule is O=C(NN=Cc1ccc(OC(=O)c2ccc(Cl)cc2Cl)cc1)C(=O)Nc1cccc(Cl)c1Cl. The minimum atomic E-state index is -1.01. The zero-order valence-corrected chi connectivity index (χ0v) is 19.5. The molecule has 3 aromatic carbocycles. The van der Waals surface area contributed by atoms with Gasteiger partial charge in [-0.3, -0.25) is 9.59 Å². The fraction of sp³-hybridized carbons (Fsp3) is 0. The zero-order valence-electron chi connectivity index (χ0n) is 16.4. The first-order valence-corrected chi connectivity index (χ1v) is 10.6. The summed E-state index contributed by atoms with van der Waals surface area (Å²) in [5, 5.41) is 6.98. The smallest absolute Gasteiger partial charge is 0.345 e. The van der Waals surface area contributed by atoms with Crippen molar-refractivity contribution >= 4 is 76.1 Å². The molecule has 0 saturated carbocycles. The van der Waals surface area contributed by atoms with Crippen LogP contribution in [-0.2, 0) is 9.59 Å². The second-order valence-electron chi connectivity index (χ2n) is 6.34. The molecule has 7 nitrogen and oxygen atoms in total. The lowest BCUT2D eigenvalue weighted by Crippen LogP contribution is -2.32. The van der Waals surface area contributed by atoms with Gasteiger partial charge in [0, 0.05) is 5.02 Å². The largest absolute Gasteiger partial charge is 0.423 e. The molecule has 0 spiro atoms. The summed E-state index contributed by atoms with van der Waals surface area (Å²) in [5.41, 5.74) is 3.03. The highest BCUT2D eigenvalue weighted by atomic mass is 35.5. The van der Waals surface area contributed by atoms with E-state index in [0.29, 0.717) is 10.6 Å². The van der Waals surface area contributed by atoms with Crippen molar-refractivity contribution in [2.75, 3.05) is 5.32 Å². The Morgan fingerprint density at radius 3 is 2.27 bits per heavy atom. The molecule has 0 aliphatic rings. The second-order valence-corrected chi connectivity index (χ2v) is 7.97. The van der Waals surface area contributed by atoms with Crippen LogP contribution in [0, 0.1) is 0 Å².